The second kappa shape index (κ2) is 6.79. The SMILES string of the molecule is CC(C)C(C)(CN)NC(=O)c1nn(-c2ccc(F)c(F)c2)c2c1CCC2. The van der Waals surface area contributed by atoms with Gasteiger partial charge in [-0.2, -0.15) is 5.10 Å². The Morgan fingerprint density at radius 1 is 1.35 bits per heavy atom. The maximum atomic E-state index is 13.6. The van der Waals surface area contributed by atoms with Crippen LogP contribution in [0.5, 0.6) is 0 Å². The van der Waals surface area contributed by atoms with Crippen LogP contribution in [0.15, 0.2) is 18.2 Å². The highest BCUT2D eigenvalue weighted by Crippen LogP contribution is 2.29. The fraction of sp³-hybridized carbons (Fsp3) is 0.474. The number of benzene rings is 1. The maximum Gasteiger partial charge on any atom is 0.272 e. The van der Waals surface area contributed by atoms with Gasteiger partial charge < -0.3 is 11.1 Å². The zero-order valence-corrected chi connectivity index (χ0v) is 15.3. The van der Waals surface area contributed by atoms with Crippen molar-refractivity contribution in [2.45, 2.75) is 45.6 Å². The second-order valence-corrected chi connectivity index (χ2v) is 7.37. The summed E-state index contributed by atoms with van der Waals surface area (Å²) in [5, 5.41) is 7.43. The molecular formula is C19H24F2N4O. The van der Waals surface area contributed by atoms with Crippen LogP contribution in [0.2, 0.25) is 0 Å². The molecule has 5 nitrogen and oxygen atoms in total. The summed E-state index contributed by atoms with van der Waals surface area (Å²) in [7, 11) is 0. The predicted octanol–water partition coefficient (Wildman–Crippen LogP) is 2.74. The number of halogens is 2. The first kappa shape index (κ1) is 18.5. The zero-order valence-electron chi connectivity index (χ0n) is 15.3. The van der Waals surface area contributed by atoms with Crippen LogP contribution in [-0.4, -0.2) is 27.8 Å². The highest BCUT2D eigenvalue weighted by molar-refractivity contribution is 5.94. The highest BCUT2D eigenvalue weighted by Gasteiger charge is 2.33. The van der Waals surface area contributed by atoms with Gasteiger partial charge in [-0.25, -0.2) is 13.5 Å². The molecule has 1 aromatic heterocycles. The molecule has 3 rings (SSSR count). The number of aromatic nitrogens is 2. The lowest BCUT2D eigenvalue weighted by Gasteiger charge is -2.33. The van der Waals surface area contributed by atoms with Crippen molar-refractivity contribution >= 4 is 5.91 Å². The Kier molecular flexibility index (Phi) is 4.84. The van der Waals surface area contributed by atoms with Gasteiger partial charge in [0.2, 0.25) is 0 Å². The van der Waals surface area contributed by atoms with Gasteiger partial charge >= 0.3 is 0 Å². The molecular weight excluding hydrogens is 338 g/mol. The molecule has 1 aliphatic carbocycles. The fourth-order valence-electron chi connectivity index (χ4n) is 3.20. The molecule has 1 aromatic carbocycles. The van der Waals surface area contributed by atoms with Crippen LogP contribution >= 0.6 is 0 Å². The maximum absolute atomic E-state index is 13.6. The number of nitrogens with one attached hydrogen (secondary N) is 1. The molecule has 0 saturated carbocycles. The van der Waals surface area contributed by atoms with Crippen LogP contribution in [0.1, 0.15) is 48.9 Å². The van der Waals surface area contributed by atoms with Crippen LogP contribution in [0.3, 0.4) is 0 Å². The molecule has 0 aliphatic heterocycles. The highest BCUT2D eigenvalue weighted by atomic mass is 19.2. The third-order valence-corrected chi connectivity index (χ3v) is 5.39. The molecule has 7 heteroatoms. The molecule has 0 spiro atoms. The smallest absolute Gasteiger partial charge is 0.272 e. The Morgan fingerprint density at radius 3 is 2.69 bits per heavy atom. The molecule has 140 valence electrons. The van der Waals surface area contributed by atoms with E-state index in [1.165, 1.54) is 6.07 Å². The van der Waals surface area contributed by atoms with Gasteiger partial charge in [0.25, 0.3) is 5.91 Å². The number of fused-ring (bicyclic) bond motifs is 1. The quantitative estimate of drug-likeness (QED) is 0.859. The molecule has 1 atom stereocenters. The number of nitrogens with two attached hydrogens (primary N) is 1. The number of carbonyl (C=O) groups excluding carboxylic acids is 1. The van der Waals surface area contributed by atoms with E-state index in [1.54, 1.807) is 4.68 Å². The van der Waals surface area contributed by atoms with Gasteiger partial charge in [-0.3, -0.25) is 4.79 Å². The van der Waals surface area contributed by atoms with Crippen LogP contribution in [0, 0.1) is 17.6 Å². The molecule has 26 heavy (non-hydrogen) atoms. The lowest BCUT2D eigenvalue weighted by atomic mass is 9.88. The third kappa shape index (κ3) is 3.11. The van der Waals surface area contributed by atoms with Crippen LogP contribution in [-0.2, 0) is 12.8 Å². The fourth-order valence-corrected chi connectivity index (χ4v) is 3.20. The molecule has 0 bridgehead atoms. The first-order chi connectivity index (χ1) is 12.3. The number of rotatable bonds is 5. The Labute approximate surface area is 151 Å². The molecule has 1 heterocycles. The van der Waals surface area contributed by atoms with Crippen molar-refractivity contribution in [2.24, 2.45) is 11.7 Å². The standard InChI is InChI=1S/C19H24F2N4O/c1-11(2)19(3,10-22)23-18(26)17-13-5-4-6-16(13)25(24-17)12-7-8-14(20)15(21)9-12/h7-9,11H,4-6,10,22H2,1-3H3,(H,23,26). The first-order valence-electron chi connectivity index (χ1n) is 8.85. The molecule has 0 saturated heterocycles. The van der Waals surface area contributed by atoms with E-state index < -0.39 is 17.2 Å². The predicted molar refractivity (Wildman–Crippen MR) is 95.3 cm³/mol. The van der Waals surface area contributed by atoms with Crippen molar-refractivity contribution < 1.29 is 13.6 Å². The summed E-state index contributed by atoms with van der Waals surface area (Å²) in [5.41, 5.74) is 7.80. The number of hydrogen-bond acceptors (Lipinski definition) is 3. The summed E-state index contributed by atoms with van der Waals surface area (Å²) in [6.07, 6.45) is 2.38. The van der Waals surface area contributed by atoms with Crippen molar-refractivity contribution in [3.63, 3.8) is 0 Å². The molecule has 1 aliphatic rings. The van der Waals surface area contributed by atoms with Crippen LogP contribution < -0.4 is 11.1 Å². The van der Waals surface area contributed by atoms with E-state index in [2.05, 4.69) is 10.4 Å². The number of nitrogens with zero attached hydrogens (tertiary/aromatic N) is 2. The topological polar surface area (TPSA) is 72.9 Å². The largest absolute Gasteiger partial charge is 0.344 e. The minimum Gasteiger partial charge on any atom is -0.344 e. The van der Waals surface area contributed by atoms with Crippen molar-refractivity contribution in [1.82, 2.24) is 15.1 Å². The average Bonchev–Trinajstić information content (AvgIpc) is 3.19. The van der Waals surface area contributed by atoms with Crippen molar-refractivity contribution in [3.05, 3.63) is 46.8 Å². The molecule has 1 amide bonds. The summed E-state index contributed by atoms with van der Waals surface area (Å²) < 4.78 is 28.4. The van der Waals surface area contributed by atoms with Crippen molar-refractivity contribution in [2.75, 3.05) is 6.54 Å². The van der Waals surface area contributed by atoms with Gasteiger partial charge in [-0.15, -0.1) is 0 Å². The normalized spacial score (nSPS) is 15.8. The van der Waals surface area contributed by atoms with E-state index in [-0.39, 0.29) is 11.8 Å². The van der Waals surface area contributed by atoms with Gasteiger partial charge in [-0.1, -0.05) is 13.8 Å². The lowest BCUT2D eigenvalue weighted by Crippen LogP contribution is -2.55. The van der Waals surface area contributed by atoms with Gasteiger partial charge in [0.15, 0.2) is 17.3 Å². The molecule has 2 aromatic rings. The summed E-state index contributed by atoms with van der Waals surface area (Å²) in [6.45, 7) is 6.21. The summed E-state index contributed by atoms with van der Waals surface area (Å²) >= 11 is 0. The number of amides is 1. The lowest BCUT2D eigenvalue weighted by molar-refractivity contribution is 0.0876. The molecule has 0 fully saturated rings. The second-order valence-electron chi connectivity index (χ2n) is 7.37. The van der Waals surface area contributed by atoms with Gasteiger partial charge in [0.1, 0.15) is 0 Å². The van der Waals surface area contributed by atoms with E-state index >= 15 is 0 Å². The summed E-state index contributed by atoms with van der Waals surface area (Å²) in [5.74, 6) is -1.98. The van der Waals surface area contributed by atoms with E-state index in [0.717, 1.165) is 42.7 Å². The van der Waals surface area contributed by atoms with E-state index in [1.807, 2.05) is 20.8 Å². The monoisotopic (exact) mass is 362 g/mol. The minimum atomic E-state index is -0.939. The number of carbonyl (C=O) groups is 1. The molecule has 3 N–H and O–H groups in total. The van der Waals surface area contributed by atoms with Gasteiger partial charge in [-0.05, 0) is 44.2 Å². The Hall–Kier alpha value is -2.28. The third-order valence-electron chi connectivity index (χ3n) is 5.39. The van der Waals surface area contributed by atoms with E-state index in [9.17, 15) is 13.6 Å². The van der Waals surface area contributed by atoms with Gasteiger partial charge in [0.05, 0.1) is 11.2 Å². The Morgan fingerprint density at radius 2 is 2.08 bits per heavy atom. The van der Waals surface area contributed by atoms with Crippen LogP contribution in [0.4, 0.5) is 8.78 Å². The van der Waals surface area contributed by atoms with Crippen molar-refractivity contribution in [1.29, 1.82) is 0 Å². The van der Waals surface area contributed by atoms with E-state index in [4.69, 9.17) is 5.73 Å². The van der Waals surface area contributed by atoms with Crippen molar-refractivity contribution in [3.8, 4) is 5.69 Å². The Balaban J connectivity index is 1.99. The summed E-state index contributed by atoms with van der Waals surface area (Å²) in [4.78, 5) is 12.9. The minimum absolute atomic E-state index is 0.151. The van der Waals surface area contributed by atoms with Gasteiger partial charge in [0, 0.05) is 23.9 Å². The first-order valence-corrected chi connectivity index (χ1v) is 8.85. The number of hydrogen-bond donors (Lipinski definition) is 2. The zero-order chi connectivity index (χ0) is 19.1. The Bertz CT molecular complexity index is 846. The molecule has 1 unspecified atom stereocenters. The molecule has 0 radical (unpaired) electrons. The summed E-state index contributed by atoms with van der Waals surface area (Å²) in [6, 6.07) is 3.63. The van der Waals surface area contributed by atoms with Crippen LogP contribution in [0.25, 0.3) is 5.69 Å². The van der Waals surface area contributed by atoms with E-state index in [0.29, 0.717) is 17.9 Å². The average molecular weight is 362 g/mol.